The molecular weight excluding hydrogens is 272 g/mol. The third kappa shape index (κ3) is 4.48. The van der Waals surface area contributed by atoms with Gasteiger partial charge < -0.3 is 20.3 Å². The number of nitrogens with one attached hydrogen (secondary N) is 1. The molecule has 1 aliphatic heterocycles. The Morgan fingerprint density at radius 1 is 1.38 bits per heavy atom. The van der Waals surface area contributed by atoms with Crippen molar-refractivity contribution >= 4 is 5.82 Å². The summed E-state index contributed by atoms with van der Waals surface area (Å²) in [5, 5.41) is 14.3. The fourth-order valence-corrected chi connectivity index (χ4v) is 2.51. The molecule has 8 heteroatoms. The van der Waals surface area contributed by atoms with Gasteiger partial charge in [0, 0.05) is 52.7 Å². The number of imidazole rings is 1. The van der Waals surface area contributed by atoms with E-state index in [1.54, 1.807) is 11.5 Å². The van der Waals surface area contributed by atoms with E-state index in [2.05, 4.69) is 27.1 Å². The summed E-state index contributed by atoms with van der Waals surface area (Å²) in [6.45, 7) is 9.51. The number of aromatic nitrogens is 2. The number of aryl methyl sites for hydroxylation is 1. The van der Waals surface area contributed by atoms with Gasteiger partial charge in [-0.3, -0.25) is 4.90 Å². The predicted molar refractivity (Wildman–Crippen MR) is 80.4 cm³/mol. The van der Waals surface area contributed by atoms with Crippen LogP contribution in [-0.2, 0) is 6.54 Å². The highest BCUT2D eigenvalue weighted by atomic mass is 16.6. The number of hydrogen-bond acceptors (Lipinski definition) is 6. The van der Waals surface area contributed by atoms with Gasteiger partial charge in [0.1, 0.15) is 12.7 Å². The van der Waals surface area contributed by atoms with Crippen LogP contribution >= 0.6 is 0 Å². The summed E-state index contributed by atoms with van der Waals surface area (Å²) in [6, 6.07) is 0. The first-order chi connectivity index (χ1) is 10.1. The monoisotopic (exact) mass is 296 g/mol. The molecule has 0 bridgehead atoms. The first kappa shape index (κ1) is 15.9. The van der Waals surface area contributed by atoms with Gasteiger partial charge in [-0.15, -0.1) is 0 Å². The molecule has 1 aliphatic rings. The molecule has 21 heavy (non-hydrogen) atoms. The molecule has 0 saturated carbocycles. The van der Waals surface area contributed by atoms with Crippen LogP contribution in [0.15, 0.2) is 6.20 Å². The van der Waals surface area contributed by atoms with Gasteiger partial charge in [-0.25, -0.2) is 9.55 Å². The Labute approximate surface area is 124 Å². The van der Waals surface area contributed by atoms with Gasteiger partial charge in [0.05, 0.1) is 0 Å². The highest BCUT2D eigenvalue weighted by molar-refractivity contribution is 5.18. The maximum atomic E-state index is 10.9. The number of nitro groups is 1. The molecule has 1 N–H and O–H groups in total. The van der Waals surface area contributed by atoms with E-state index in [4.69, 9.17) is 0 Å². The number of piperazine rings is 1. The van der Waals surface area contributed by atoms with E-state index in [-0.39, 0.29) is 10.7 Å². The molecule has 0 radical (unpaired) electrons. The van der Waals surface area contributed by atoms with E-state index in [1.807, 2.05) is 0 Å². The van der Waals surface area contributed by atoms with Crippen molar-refractivity contribution < 1.29 is 4.92 Å². The molecule has 1 aromatic rings. The van der Waals surface area contributed by atoms with Gasteiger partial charge in [0.2, 0.25) is 0 Å². The Bertz CT molecular complexity index is 469. The molecule has 2 rings (SSSR count). The highest BCUT2D eigenvalue weighted by Crippen LogP contribution is 2.13. The third-order valence-corrected chi connectivity index (χ3v) is 3.93. The van der Waals surface area contributed by atoms with Crippen LogP contribution in [0.1, 0.15) is 5.82 Å². The van der Waals surface area contributed by atoms with Crippen molar-refractivity contribution in [1.29, 1.82) is 0 Å². The van der Waals surface area contributed by atoms with Crippen molar-refractivity contribution in [3.8, 4) is 0 Å². The molecule has 0 aromatic carbocycles. The van der Waals surface area contributed by atoms with E-state index in [9.17, 15) is 10.1 Å². The molecule has 0 unspecified atom stereocenters. The lowest BCUT2D eigenvalue weighted by Gasteiger charge is -2.28. The lowest BCUT2D eigenvalue weighted by Crippen LogP contribution is -2.46. The Kier molecular flexibility index (Phi) is 5.66. The van der Waals surface area contributed by atoms with Crippen molar-refractivity contribution in [1.82, 2.24) is 24.7 Å². The fourth-order valence-electron chi connectivity index (χ4n) is 2.51. The van der Waals surface area contributed by atoms with Crippen LogP contribution in [0.3, 0.4) is 0 Å². The zero-order chi connectivity index (χ0) is 15.2. The average Bonchev–Trinajstić information content (AvgIpc) is 2.85. The van der Waals surface area contributed by atoms with E-state index < -0.39 is 0 Å². The maximum Gasteiger partial charge on any atom is 0.342 e. The second-order valence-electron chi connectivity index (χ2n) is 5.47. The molecule has 1 saturated heterocycles. The van der Waals surface area contributed by atoms with Crippen LogP contribution in [0, 0.1) is 17.0 Å². The van der Waals surface area contributed by atoms with Crippen LogP contribution in [0.25, 0.3) is 0 Å². The van der Waals surface area contributed by atoms with Gasteiger partial charge in [0.25, 0.3) is 0 Å². The molecule has 1 aromatic heterocycles. The van der Waals surface area contributed by atoms with E-state index in [1.165, 1.54) is 6.20 Å². The van der Waals surface area contributed by atoms with Gasteiger partial charge in [-0.05, 0) is 12.0 Å². The molecule has 0 aliphatic carbocycles. The van der Waals surface area contributed by atoms with Crippen molar-refractivity contribution in [2.45, 2.75) is 13.5 Å². The third-order valence-electron chi connectivity index (χ3n) is 3.93. The summed E-state index contributed by atoms with van der Waals surface area (Å²) in [5.74, 6) is 0.764. The minimum Gasteiger partial charge on any atom is -0.358 e. The van der Waals surface area contributed by atoms with Crippen molar-refractivity contribution in [3.05, 3.63) is 22.1 Å². The van der Waals surface area contributed by atoms with Crippen LogP contribution < -0.4 is 5.32 Å². The Balaban J connectivity index is 1.77. The molecule has 0 atom stereocenters. The minimum atomic E-state index is -0.374. The molecule has 2 heterocycles. The first-order valence-electron chi connectivity index (χ1n) is 7.36. The van der Waals surface area contributed by atoms with Crippen LogP contribution in [0.4, 0.5) is 5.82 Å². The zero-order valence-corrected chi connectivity index (χ0v) is 12.8. The fraction of sp³-hybridized carbons (Fsp3) is 0.769. The summed E-state index contributed by atoms with van der Waals surface area (Å²) >= 11 is 0. The summed E-state index contributed by atoms with van der Waals surface area (Å²) in [6.07, 6.45) is 1.33. The molecular formula is C13H24N6O2. The van der Waals surface area contributed by atoms with E-state index in [0.29, 0.717) is 12.4 Å². The van der Waals surface area contributed by atoms with Gasteiger partial charge in [-0.1, -0.05) is 0 Å². The summed E-state index contributed by atoms with van der Waals surface area (Å²) in [4.78, 5) is 19.2. The van der Waals surface area contributed by atoms with Gasteiger partial charge in [-0.2, -0.15) is 0 Å². The number of hydrogen-bond donors (Lipinski definition) is 1. The molecule has 118 valence electrons. The van der Waals surface area contributed by atoms with Crippen LogP contribution in [0.5, 0.6) is 0 Å². The Morgan fingerprint density at radius 2 is 2.05 bits per heavy atom. The summed E-state index contributed by atoms with van der Waals surface area (Å²) in [5.41, 5.74) is 0. The van der Waals surface area contributed by atoms with Crippen LogP contribution in [0.2, 0.25) is 0 Å². The lowest BCUT2D eigenvalue weighted by atomic mass is 10.3. The van der Waals surface area contributed by atoms with Crippen molar-refractivity contribution in [2.24, 2.45) is 0 Å². The molecule has 8 nitrogen and oxygen atoms in total. The lowest BCUT2D eigenvalue weighted by molar-refractivity contribution is -0.392. The number of likely N-dealkylation sites (N-methyl/N-ethyl adjacent to an activating group) is 1. The van der Waals surface area contributed by atoms with Gasteiger partial charge >= 0.3 is 5.82 Å². The smallest absolute Gasteiger partial charge is 0.342 e. The van der Waals surface area contributed by atoms with Crippen molar-refractivity contribution in [3.63, 3.8) is 0 Å². The van der Waals surface area contributed by atoms with E-state index >= 15 is 0 Å². The average molecular weight is 296 g/mol. The SMILES string of the molecule is Cc1ncc([N+](=O)[O-])n1CCN(C)CCN1CCNCC1. The largest absolute Gasteiger partial charge is 0.358 e. The normalized spacial score (nSPS) is 16.5. The minimum absolute atomic E-state index is 0.0722. The maximum absolute atomic E-state index is 10.9. The quantitative estimate of drug-likeness (QED) is 0.561. The zero-order valence-electron chi connectivity index (χ0n) is 12.8. The second-order valence-corrected chi connectivity index (χ2v) is 5.47. The number of nitrogens with zero attached hydrogens (tertiary/aromatic N) is 5. The van der Waals surface area contributed by atoms with Gasteiger partial charge in [0.15, 0.2) is 5.82 Å². The topological polar surface area (TPSA) is 79.5 Å². The summed E-state index contributed by atoms with van der Waals surface area (Å²) in [7, 11) is 2.06. The first-order valence-corrected chi connectivity index (χ1v) is 7.36. The molecule has 1 fully saturated rings. The predicted octanol–water partition coefficient (Wildman–Crippen LogP) is -0.0633. The Morgan fingerprint density at radius 3 is 2.71 bits per heavy atom. The standard InChI is InChI=1S/C13H24N6O2/c1-12-15-11-13(19(20)21)18(12)10-8-16(2)7-9-17-5-3-14-4-6-17/h11,14H,3-10H2,1-2H3. The second kappa shape index (κ2) is 7.48. The van der Waals surface area contributed by atoms with E-state index in [0.717, 1.165) is 45.8 Å². The molecule has 0 amide bonds. The van der Waals surface area contributed by atoms with Crippen LogP contribution in [-0.4, -0.2) is 77.1 Å². The molecule has 0 spiro atoms. The highest BCUT2D eigenvalue weighted by Gasteiger charge is 2.17. The Hall–Kier alpha value is -1.51. The van der Waals surface area contributed by atoms with Crippen molar-refractivity contribution in [2.75, 3.05) is 52.9 Å². The number of rotatable bonds is 7. The summed E-state index contributed by atoms with van der Waals surface area (Å²) < 4.78 is 1.67.